The van der Waals surface area contributed by atoms with Crippen LogP contribution < -0.4 is 9.64 Å². The number of hydrogen-bond donors (Lipinski definition) is 1. The van der Waals surface area contributed by atoms with Gasteiger partial charge in [-0.3, -0.25) is 14.5 Å². The number of carbonyl (C=O) groups excluding carboxylic acids is 2. The molecule has 0 spiro atoms. The molecule has 1 saturated heterocycles. The highest BCUT2D eigenvalue weighted by Crippen LogP contribution is 2.45. The van der Waals surface area contributed by atoms with Gasteiger partial charge in [-0.2, -0.15) is 0 Å². The van der Waals surface area contributed by atoms with Crippen molar-refractivity contribution >= 4 is 34.5 Å². The predicted octanol–water partition coefficient (Wildman–Crippen LogP) is 5.32. The van der Waals surface area contributed by atoms with Crippen molar-refractivity contribution in [3.05, 3.63) is 86.6 Å². The van der Waals surface area contributed by atoms with E-state index in [9.17, 15) is 14.7 Å². The lowest BCUT2D eigenvalue weighted by Gasteiger charge is -2.26. The standard InChI is InChI=1S/C26H23NO4S/c1-15-6-3-4-8-19(15)27-22(25-16(2)11-13-32-25)21(24(29)26(27)30)23(28)18-9-10-20-17(14-18)7-5-12-31-20/h3-4,6,8-11,13-14,22,28H,5,7,12H2,1-2H3/b23-21-. The molecule has 2 aliphatic heterocycles. The van der Waals surface area contributed by atoms with Gasteiger partial charge >= 0.3 is 0 Å². The monoisotopic (exact) mass is 445 g/mol. The van der Waals surface area contributed by atoms with Crippen LogP contribution in [0.25, 0.3) is 5.76 Å². The maximum atomic E-state index is 13.3. The summed E-state index contributed by atoms with van der Waals surface area (Å²) in [6, 6.07) is 14.2. The Kier molecular flexibility index (Phi) is 5.10. The maximum absolute atomic E-state index is 13.3. The van der Waals surface area contributed by atoms with Crippen LogP contribution >= 0.6 is 11.3 Å². The zero-order valence-corrected chi connectivity index (χ0v) is 18.7. The minimum atomic E-state index is -0.677. The second kappa shape index (κ2) is 7.95. The van der Waals surface area contributed by atoms with Crippen molar-refractivity contribution in [1.29, 1.82) is 0 Å². The second-order valence-corrected chi connectivity index (χ2v) is 9.15. The molecule has 1 aromatic heterocycles. The van der Waals surface area contributed by atoms with Crippen molar-refractivity contribution < 1.29 is 19.4 Å². The van der Waals surface area contributed by atoms with Crippen molar-refractivity contribution in [2.45, 2.75) is 32.7 Å². The topological polar surface area (TPSA) is 66.8 Å². The number of amides is 1. The number of anilines is 1. The molecule has 2 aromatic carbocycles. The SMILES string of the molecule is Cc1ccccc1N1C(=O)C(=O)/C(=C(\O)c2ccc3c(c2)CCCO3)C1c1sccc1C. The van der Waals surface area contributed by atoms with E-state index >= 15 is 0 Å². The third-order valence-electron chi connectivity index (χ3n) is 6.15. The molecule has 1 N–H and O–H groups in total. The molecule has 1 unspecified atom stereocenters. The van der Waals surface area contributed by atoms with E-state index in [0.29, 0.717) is 17.9 Å². The van der Waals surface area contributed by atoms with E-state index in [0.717, 1.165) is 40.2 Å². The lowest BCUT2D eigenvalue weighted by Crippen LogP contribution is -2.30. The Balaban J connectivity index is 1.71. The second-order valence-electron chi connectivity index (χ2n) is 8.20. The van der Waals surface area contributed by atoms with Gasteiger partial charge in [-0.05, 0) is 79.1 Å². The van der Waals surface area contributed by atoms with E-state index in [1.165, 1.54) is 16.2 Å². The zero-order chi connectivity index (χ0) is 22.4. The van der Waals surface area contributed by atoms with Crippen molar-refractivity contribution in [3.8, 4) is 5.75 Å². The molecule has 162 valence electrons. The number of hydrogen-bond acceptors (Lipinski definition) is 5. The molecule has 2 aliphatic rings. The fourth-order valence-corrected chi connectivity index (χ4v) is 5.52. The van der Waals surface area contributed by atoms with Gasteiger partial charge in [0.1, 0.15) is 17.6 Å². The Morgan fingerprint density at radius 1 is 1.09 bits per heavy atom. The zero-order valence-electron chi connectivity index (χ0n) is 17.9. The largest absolute Gasteiger partial charge is 0.507 e. The van der Waals surface area contributed by atoms with Gasteiger partial charge in [-0.1, -0.05) is 18.2 Å². The van der Waals surface area contributed by atoms with E-state index in [-0.39, 0.29) is 11.3 Å². The number of rotatable bonds is 3. The summed E-state index contributed by atoms with van der Waals surface area (Å²) in [5.74, 6) is -0.637. The highest BCUT2D eigenvalue weighted by Gasteiger charge is 2.48. The molecule has 1 atom stereocenters. The molecule has 0 aliphatic carbocycles. The molecule has 32 heavy (non-hydrogen) atoms. The van der Waals surface area contributed by atoms with E-state index in [1.54, 1.807) is 6.07 Å². The fraction of sp³-hybridized carbons (Fsp3) is 0.231. The first-order chi connectivity index (χ1) is 15.5. The van der Waals surface area contributed by atoms with Gasteiger partial charge in [0.05, 0.1) is 12.2 Å². The van der Waals surface area contributed by atoms with Crippen LogP contribution in [-0.2, 0) is 16.0 Å². The van der Waals surface area contributed by atoms with Crippen molar-refractivity contribution in [2.75, 3.05) is 11.5 Å². The summed E-state index contributed by atoms with van der Waals surface area (Å²) in [6.45, 7) is 4.55. The minimum Gasteiger partial charge on any atom is -0.507 e. The first-order valence-corrected chi connectivity index (χ1v) is 11.5. The Morgan fingerprint density at radius 3 is 2.66 bits per heavy atom. The van der Waals surface area contributed by atoms with Crippen LogP contribution in [0.2, 0.25) is 0 Å². The number of ketones is 1. The highest BCUT2D eigenvalue weighted by atomic mass is 32.1. The van der Waals surface area contributed by atoms with Crippen LogP contribution in [0.3, 0.4) is 0 Å². The fourth-order valence-electron chi connectivity index (χ4n) is 4.49. The van der Waals surface area contributed by atoms with E-state index < -0.39 is 17.7 Å². The molecule has 1 amide bonds. The van der Waals surface area contributed by atoms with Crippen LogP contribution in [0, 0.1) is 13.8 Å². The Bertz CT molecular complexity index is 1270. The number of aliphatic hydroxyl groups is 1. The maximum Gasteiger partial charge on any atom is 0.300 e. The molecule has 6 heteroatoms. The van der Waals surface area contributed by atoms with Gasteiger partial charge < -0.3 is 9.84 Å². The number of thiophene rings is 1. The molecular formula is C26H23NO4S. The summed E-state index contributed by atoms with van der Waals surface area (Å²) in [5.41, 5.74) is 4.18. The van der Waals surface area contributed by atoms with E-state index in [2.05, 4.69) is 0 Å². The normalized spacial score (nSPS) is 19.7. The quantitative estimate of drug-likeness (QED) is 0.337. The smallest absolute Gasteiger partial charge is 0.300 e. The highest BCUT2D eigenvalue weighted by molar-refractivity contribution is 7.10. The van der Waals surface area contributed by atoms with Crippen molar-refractivity contribution in [1.82, 2.24) is 0 Å². The Morgan fingerprint density at radius 2 is 1.91 bits per heavy atom. The average Bonchev–Trinajstić information content (AvgIpc) is 3.34. The summed E-state index contributed by atoms with van der Waals surface area (Å²) in [4.78, 5) is 29.0. The van der Waals surface area contributed by atoms with Gasteiger partial charge in [0.15, 0.2) is 0 Å². The summed E-state index contributed by atoms with van der Waals surface area (Å²) in [6.07, 6.45) is 1.75. The molecule has 0 radical (unpaired) electrons. The Labute approximate surface area is 190 Å². The number of ether oxygens (including phenoxy) is 1. The summed E-state index contributed by atoms with van der Waals surface area (Å²) in [7, 11) is 0. The van der Waals surface area contributed by atoms with Crippen LogP contribution in [0.5, 0.6) is 5.75 Å². The molecule has 5 nitrogen and oxygen atoms in total. The number of aliphatic hydroxyl groups excluding tert-OH is 1. The number of benzene rings is 2. The molecule has 0 bridgehead atoms. The third-order valence-corrected chi connectivity index (χ3v) is 7.22. The number of Topliss-reactive ketones (excluding diaryl/α,β-unsaturated/α-hetero) is 1. The van der Waals surface area contributed by atoms with Gasteiger partial charge in [0.25, 0.3) is 11.7 Å². The number of nitrogens with zero attached hydrogens (tertiary/aromatic N) is 1. The molecule has 0 saturated carbocycles. The van der Waals surface area contributed by atoms with Crippen LogP contribution in [0.1, 0.15) is 39.6 Å². The van der Waals surface area contributed by atoms with Gasteiger partial charge in [0, 0.05) is 16.1 Å². The average molecular weight is 446 g/mol. The number of fused-ring (bicyclic) bond motifs is 1. The molecule has 3 heterocycles. The van der Waals surface area contributed by atoms with E-state index in [1.807, 2.05) is 61.7 Å². The summed E-state index contributed by atoms with van der Waals surface area (Å²) >= 11 is 1.48. The van der Waals surface area contributed by atoms with Gasteiger partial charge in [0.2, 0.25) is 0 Å². The van der Waals surface area contributed by atoms with Crippen LogP contribution in [0.15, 0.2) is 59.5 Å². The van der Waals surface area contributed by atoms with Crippen molar-refractivity contribution in [2.24, 2.45) is 0 Å². The minimum absolute atomic E-state index is 0.125. The molecule has 1 fully saturated rings. The first-order valence-electron chi connectivity index (χ1n) is 10.6. The number of carbonyl (C=O) groups is 2. The predicted molar refractivity (Wildman–Crippen MR) is 125 cm³/mol. The summed E-state index contributed by atoms with van der Waals surface area (Å²) < 4.78 is 5.68. The molecular weight excluding hydrogens is 422 g/mol. The Hall–Kier alpha value is -3.38. The molecule has 3 aromatic rings. The third kappa shape index (κ3) is 3.22. The number of para-hydroxylation sites is 1. The summed E-state index contributed by atoms with van der Waals surface area (Å²) in [5, 5.41) is 13.3. The first kappa shape index (κ1) is 20.5. The van der Waals surface area contributed by atoms with Crippen LogP contribution in [0.4, 0.5) is 5.69 Å². The lowest BCUT2D eigenvalue weighted by atomic mass is 9.96. The van der Waals surface area contributed by atoms with Crippen molar-refractivity contribution in [3.63, 3.8) is 0 Å². The van der Waals surface area contributed by atoms with Gasteiger partial charge in [-0.15, -0.1) is 11.3 Å². The van der Waals surface area contributed by atoms with Crippen LogP contribution in [-0.4, -0.2) is 23.4 Å². The number of aryl methyl sites for hydroxylation is 3. The lowest BCUT2D eigenvalue weighted by molar-refractivity contribution is -0.132. The molecule has 5 rings (SSSR count). The van der Waals surface area contributed by atoms with Gasteiger partial charge in [-0.25, -0.2) is 0 Å². The van der Waals surface area contributed by atoms with E-state index in [4.69, 9.17) is 4.74 Å².